The van der Waals surface area contributed by atoms with E-state index in [1.807, 2.05) is 4.98 Å². The number of H-pyrrole nitrogens is 1. The fourth-order valence-electron chi connectivity index (χ4n) is 2.66. The van der Waals surface area contributed by atoms with E-state index in [2.05, 4.69) is 0 Å². The first kappa shape index (κ1) is 19.5. The first-order chi connectivity index (χ1) is 11.4. The molecule has 0 aromatic carbocycles. The van der Waals surface area contributed by atoms with Gasteiger partial charge in [0, 0.05) is 11.8 Å². The number of carbonyl (C=O) groups is 1. The number of carboxylic acid groups (broad SMARTS) is 1. The molecule has 1 heterocycles. The maximum absolute atomic E-state index is 11.9. The fourth-order valence-corrected chi connectivity index (χ4v) is 3.26. The van der Waals surface area contributed by atoms with Crippen LogP contribution < -0.4 is 11.2 Å². The minimum Gasteiger partial charge on any atom is -0.479 e. The molecule has 1 fully saturated rings. The molecular formula is C12H17N2O10P. The maximum atomic E-state index is 11.9. The van der Waals surface area contributed by atoms with Gasteiger partial charge in [0.05, 0.1) is 12.1 Å². The molecule has 13 heteroatoms. The Balaban J connectivity index is 2.31. The lowest BCUT2D eigenvalue weighted by Crippen LogP contribution is -2.39. The predicted octanol–water partition coefficient (Wildman–Crippen LogP) is -2.51. The van der Waals surface area contributed by atoms with Gasteiger partial charge in [0.1, 0.15) is 12.2 Å². The van der Waals surface area contributed by atoms with Gasteiger partial charge in [0.15, 0.2) is 0 Å². The van der Waals surface area contributed by atoms with Crippen LogP contribution in [0.1, 0.15) is 18.0 Å². The molecule has 1 aliphatic rings. The molecule has 5 unspecified atom stereocenters. The van der Waals surface area contributed by atoms with Crippen LogP contribution in [0.4, 0.5) is 0 Å². The van der Waals surface area contributed by atoms with Crippen LogP contribution in [0.25, 0.3) is 0 Å². The molecule has 25 heavy (non-hydrogen) atoms. The van der Waals surface area contributed by atoms with Crippen LogP contribution in [0, 0.1) is 6.92 Å². The minimum atomic E-state index is -5.18. The molecule has 5 atom stereocenters. The third-order valence-corrected chi connectivity index (χ3v) is 4.88. The molecule has 1 saturated carbocycles. The largest absolute Gasteiger partial charge is 0.479 e. The lowest BCUT2D eigenvalue weighted by Gasteiger charge is -2.22. The normalized spacial score (nSPS) is 28.0. The Bertz CT molecular complexity index is 826. The van der Waals surface area contributed by atoms with Crippen molar-refractivity contribution in [2.24, 2.45) is 0 Å². The zero-order valence-corrected chi connectivity index (χ0v) is 13.7. The smallest absolute Gasteiger partial charge is 0.365 e. The van der Waals surface area contributed by atoms with E-state index in [-0.39, 0.29) is 12.0 Å². The average Bonchev–Trinajstić information content (AvgIpc) is 2.75. The summed E-state index contributed by atoms with van der Waals surface area (Å²) in [5.41, 5.74) is -1.34. The minimum absolute atomic E-state index is 0.157. The zero-order valence-electron chi connectivity index (χ0n) is 12.8. The van der Waals surface area contributed by atoms with Crippen LogP contribution in [-0.2, 0) is 14.1 Å². The zero-order chi connectivity index (χ0) is 19.1. The Morgan fingerprint density at radius 1 is 1.36 bits per heavy atom. The number of hydrogen-bond donors (Lipinski definition) is 6. The standard InChI is InChI=1S/C12H17N2O10P/c1-4-3-14(12(20)13-9(4)17)5-2-6(8(16)7(5)15)24-11(10(18)19)25(21,22)23/h3,5-8,11,15-16H,2H2,1H3,(H,18,19)(H,13,17,20)(H2,21,22,23). The van der Waals surface area contributed by atoms with Gasteiger partial charge in [-0.3, -0.25) is 18.9 Å². The summed E-state index contributed by atoms with van der Waals surface area (Å²) >= 11 is 0. The van der Waals surface area contributed by atoms with E-state index < -0.39 is 55.0 Å². The Kier molecular flexibility index (Phi) is 5.33. The van der Waals surface area contributed by atoms with Crippen molar-refractivity contribution in [1.82, 2.24) is 9.55 Å². The molecule has 0 radical (unpaired) electrons. The first-order valence-corrected chi connectivity index (χ1v) is 8.73. The summed E-state index contributed by atoms with van der Waals surface area (Å²) in [6.07, 6.45) is -3.89. The molecule has 0 bridgehead atoms. The lowest BCUT2D eigenvalue weighted by atomic mass is 10.2. The van der Waals surface area contributed by atoms with Gasteiger partial charge in [0.25, 0.3) is 11.4 Å². The molecule has 140 valence electrons. The Labute approximate surface area is 139 Å². The van der Waals surface area contributed by atoms with Gasteiger partial charge >= 0.3 is 19.3 Å². The monoisotopic (exact) mass is 380 g/mol. The van der Waals surface area contributed by atoms with Crippen molar-refractivity contribution in [3.63, 3.8) is 0 Å². The summed E-state index contributed by atoms with van der Waals surface area (Å²) < 4.78 is 16.9. The second kappa shape index (κ2) is 6.83. The maximum Gasteiger partial charge on any atom is 0.365 e. The lowest BCUT2D eigenvalue weighted by molar-refractivity contribution is -0.152. The molecule has 0 spiro atoms. The number of aromatic nitrogens is 2. The summed E-state index contributed by atoms with van der Waals surface area (Å²) in [6, 6.07) is -1.09. The van der Waals surface area contributed by atoms with Gasteiger partial charge in [-0.15, -0.1) is 0 Å². The Morgan fingerprint density at radius 2 is 1.96 bits per heavy atom. The van der Waals surface area contributed by atoms with Crippen molar-refractivity contribution in [2.75, 3.05) is 0 Å². The second-order valence-corrected chi connectivity index (χ2v) is 7.36. The van der Waals surface area contributed by atoms with E-state index in [0.717, 1.165) is 10.8 Å². The molecule has 0 saturated heterocycles. The van der Waals surface area contributed by atoms with E-state index in [9.17, 15) is 29.2 Å². The number of aryl methyl sites for hydroxylation is 1. The van der Waals surface area contributed by atoms with Gasteiger partial charge in [0.2, 0.25) is 0 Å². The number of nitrogens with zero attached hydrogens (tertiary/aromatic N) is 1. The molecule has 0 aliphatic heterocycles. The number of aliphatic hydroxyl groups excluding tert-OH is 2. The molecular weight excluding hydrogens is 363 g/mol. The summed E-state index contributed by atoms with van der Waals surface area (Å²) in [5, 5.41) is 28.9. The van der Waals surface area contributed by atoms with E-state index in [1.165, 1.54) is 6.92 Å². The average molecular weight is 380 g/mol. The van der Waals surface area contributed by atoms with Gasteiger partial charge < -0.3 is 29.8 Å². The van der Waals surface area contributed by atoms with Gasteiger partial charge in [-0.25, -0.2) is 9.59 Å². The molecule has 1 aromatic rings. The summed E-state index contributed by atoms with van der Waals surface area (Å²) in [4.78, 5) is 54.3. The number of ether oxygens (including phenoxy) is 1. The predicted molar refractivity (Wildman–Crippen MR) is 80.1 cm³/mol. The number of aliphatic hydroxyl groups is 2. The fraction of sp³-hybridized carbons (Fsp3) is 0.583. The third kappa shape index (κ3) is 3.89. The highest BCUT2D eigenvalue weighted by atomic mass is 31.2. The molecule has 1 aromatic heterocycles. The first-order valence-electron chi connectivity index (χ1n) is 7.05. The highest BCUT2D eigenvalue weighted by molar-refractivity contribution is 7.53. The van der Waals surface area contributed by atoms with E-state index >= 15 is 0 Å². The van der Waals surface area contributed by atoms with Crippen molar-refractivity contribution in [2.45, 2.75) is 43.5 Å². The Morgan fingerprint density at radius 3 is 2.48 bits per heavy atom. The van der Waals surface area contributed by atoms with Gasteiger partial charge in [-0.1, -0.05) is 0 Å². The van der Waals surface area contributed by atoms with Crippen LogP contribution in [0.5, 0.6) is 0 Å². The summed E-state index contributed by atoms with van der Waals surface area (Å²) in [6.45, 7) is 1.41. The topological polar surface area (TPSA) is 199 Å². The number of rotatable bonds is 5. The van der Waals surface area contributed by atoms with E-state index in [4.69, 9.17) is 19.6 Å². The third-order valence-electron chi connectivity index (χ3n) is 3.92. The number of hydrogen-bond acceptors (Lipinski definition) is 7. The van der Waals surface area contributed by atoms with E-state index in [0.29, 0.717) is 0 Å². The van der Waals surface area contributed by atoms with Gasteiger partial charge in [-0.05, 0) is 13.3 Å². The second-order valence-electron chi connectivity index (χ2n) is 5.72. The SMILES string of the molecule is Cc1cn(C2CC(OC(C(=O)O)P(=O)(O)O)C(O)C2O)c(=O)[nH]c1=O. The summed E-state index contributed by atoms with van der Waals surface area (Å²) in [7, 11) is -5.18. The van der Waals surface area contributed by atoms with Crippen LogP contribution >= 0.6 is 7.60 Å². The van der Waals surface area contributed by atoms with Crippen molar-refractivity contribution in [3.05, 3.63) is 32.6 Å². The van der Waals surface area contributed by atoms with Crippen molar-refractivity contribution in [1.29, 1.82) is 0 Å². The van der Waals surface area contributed by atoms with Gasteiger partial charge in [-0.2, -0.15) is 0 Å². The van der Waals surface area contributed by atoms with Crippen molar-refractivity contribution in [3.8, 4) is 0 Å². The van der Waals surface area contributed by atoms with Crippen LogP contribution in [0.2, 0.25) is 0 Å². The number of aromatic amines is 1. The van der Waals surface area contributed by atoms with Crippen molar-refractivity contribution < 1.29 is 39.2 Å². The molecule has 2 rings (SSSR count). The van der Waals surface area contributed by atoms with Crippen LogP contribution in [0.3, 0.4) is 0 Å². The highest BCUT2D eigenvalue weighted by Crippen LogP contribution is 2.44. The highest BCUT2D eigenvalue weighted by Gasteiger charge is 2.48. The molecule has 6 N–H and O–H groups in total. The molecule has 0 amide bonds. The van der Waals surface area contributed by atoms with E-state index in [1.54, 1.807) is 0 Å². The van der Waals surface area contributed by atoms with Crippen LogP contribution in [0.15, 0.2) is 15.8 Å². The van der Waals surface area contributed by atoms with Crippen molar-refractivity contribution >= 4 is 13.6 Å². The summed E-state index contributed by atoms with van der Waals surface area (Å²) in [5.74, 6) is -4.46. The molecule has 12 nitrogen and oxygen atoms in total. The quantitative estimate of drug-likeness (QED) is 0.296. The molecule has 1 aliphatic carbocycles. The van der Waals surface area contributed by atoms with Crippen LogP contribution in [-0.4, -0.2) is 64.8 Å². The number of carboxylic acids is 1. The number of nitrogens with one attached hydrogen (secondary N) is 1. The number of aliphatic carboxylic acids is 1. The Hall–Kier alpha value is -1.82.